The molecule has 16 heavy (non-hydrogen) atoms. The number of likely N-dealkylation sites (N-methyl/N-ethyl adjacent to an activating group) is 1. The van der Waals surface area contributed by atoms with Crippen LogP contribution in [-0.2, 0) is 0 Å². The Kier molecular flexibility index (Phi) is 5.31. The highest BCUT2D eigenvalue weighted by Crippen LogP contribution is 2.01. The summed E-state index contributed by atoms with van der Waals surface area (Å²) in [6.07, 6.45) is 4.23. The number of hydrogen-bond acceptors (Lipinski definition) is 2. The van der Waals surface area contributed by atoms with Crippen molar-refractivity contribution in [3.8, 4) is 6.07 Å². The fourth-order valence-electron chi connectivity index (χ4n) is 1.52. The molecule has 0 radical (unpaired) electrons. The first kappa shape index (κ1) is 12.5. The van der Waals surface area contributed by atoms with Crippen LogP contribution in [0.5, 0.6) is 0 Å². The van der Waals surface area contributed by atoms with Crippen LogP contribution in [0.4, 0.5) is 0 Å². The molecular formula is C14H18N2. The third-order valence-corrected chi connectivity index (χ3v) is 2.33. The molecule has 0 spiro atoms. The number of nitriles is 1. The van der Waals surface area contributed by atoms with Gasteiger partial charge in [-0.3, -0.25) is 0 Å². The molecule has 0 heterocycles. The first-order valence-corrected chi connectivity index (χ1v) is 5.52. The minimum Gasteiger partial charge on any atom is -0.301 e. The van der Waals surface area contributed by atoms with E-state index >= 15 is 0 Å². The normalized spacial score (nSPS) is 12.9. The van der Waals surface area contributed by atoms with Crippen molar-refractivity contribution in [2.45, 2.75) is 6.92 Å². The van der Waals surface area contributed by atoms with Gasteiger partial charge in [-0.2, -0.15) is 5.26 Å². The Bertz CT molecular complexity index is 362. The van der Waals surface area contributed by atoms with Crippen molar-refractivity contribution >= 4 is 6.08 Å². The Labute approximate surface area is 97.8 Å². The van der Waals surface area contributed by atoms with Crippen molar-refractivity contribution in [1.82, 2.24) is 4.90 Å². The lowest BCUT2D eigenvalue weighted by Gasteiger charge is -2.14. The van der Waals surface area contributed by atoms with Gasteiger partial charge in [0.2, 0.25) is 0 Å². The predicted molar refractivity (Wildman–Crippen MR) is 67.8 cm³/mol. The summed E-state index contributed by atoms with van der Waals surface area (Å²) in [6, 6.07) is 12.5. The van der Waals surface area contributed by atoms with E-state index in [0.29, 0.717) is 0 Å². The molecule has 0 aliphatic rings. The summed E-state index contributed by atoms with van der Waals surface area (Å²) >= 11 is 0. The van der Waals surface area contributed by atoms with Crippen molar-refractivity contribution in [2.75, 3.05) is 20.1 Å². The van der Waals surface area contributed by atoms with Gasteiger partial charge in [-0.15, -0.1) is 0 Å². The highest BCUT2D eigenvalue weighted by atomic mass is 15.1. The number of rotatable bonds is 5. The van der Waals surface area contributed by atoms with Gasteiger partial charge in [0.15, 0.2) is 0 Å². The largest absolute Gasteiger partial charge is 0.301 e. The zero-order valence-corrected chi connectivity index (χ0v) is 9.93. The number of hydrogen-bond donors (Lipinski definition) is 0. The Hall–Kier alpha value is -1.59. The van der Waals surface area contributed by atoms with Crippen LogP contribution < -0.4 is 0 Å². The average Bonchev–Trinajstić information content (AvgIpc) is 2.30. The second-order valence-electron chi connectivity index (χ2n) is 4.06. The van der Waals surface area contributed by atoms with Gasteiger partial charge in [0.1, 0.15) is 0 Å². The van der Waals surface area contributed by atoms with E-state index in [-0.39, 0.29) is 5.92 Å². The molecule has 1 rings (SSSR count). The van der Waals surface area contributed by atoms with E-state index in [1.165, 1.54) is 5.56 Å². The molecule has 2 heteroatoms. The molecule has 0 aliphatic heterocycles. The van der Waals surface area contributed by atoms with Gasteiger partial charge in [-0.05, 0) is 19.5 Å². The van der Waals surface area contributed by atoms with Crippen molar-refractivity contribution in [1.29, 1.82) is 5.26 Å². The SMILES string of the molecule is CC(C#N)CN(C)C/C=C/c1ccccc1. The van der Waals surface area contributed by atoms with Crippen LogP contribution in [0.15, 0.2) is 36.4 Å². The highest BCUT2D eigenvalue weighted by molar-refractivity contribution is 5.48. The minimum absolute atomic E-state index is 0.0927. The van der Waals surface area contributed by atoms with Crippen LogP contribution in [0.25, 0.3) is 6.08 Å². The maximum absolute atomic E-state index is 8.69. The van der Waals surface area contributed by atoms with Gasteiger partial charge in [0.25, 0.3) is 0 Å². The molecule has 1 aromatic carbocycles. The van der Waals surface area contributed by atoms with Crippen molar-refractivity contribution in [3.63, 3.8) is 0 Å². The van der Waals surface area contributed by atoms with Gasteiger partial charge in [0.05, 0.1) is 12.0 Å². The number of nitrogens with zero attached hydrogens (tertiary/aromatic N) is 2. The van der Waals surface area contributed by atoms with Crippen LogP contribution in [0, 0.1) is 17.2 Å². The van der Waals surface area contributed by atoms with Crippen LogP contribution in [0.2, 0.25) is 0 Å². The molecule has 0 aliphatic carbocycles. The Morgan fingerprint density at radius 2 is 2.06 bits per heavy atom. The van der Waals surface area contributed by atoms with Crippen molar-refractivity contribution in [3.05, 3.63) is 42.0 Å². The molecule has 2 nitrogen and oxygen atoms in total. The maximum atomic E-state index is 8.69. The van der Waals surface area contributed by atoms with E-state index in [0.717, 1.165) is 13.1 Å². The predicted octanol–water partition coefficient (Wildman–Crippen LogP) is 2.79. The monoisotopic (exact) mass is 214 g/mol. The highest BCUT2D eigenvalue weighted by Gasteiger charge is 2.02. The standard InChI is InChI=1S/C14H18N2/c1-13(11-15)12-16(2)10-6-9-14-7-4-3-5-8-14/h3-9,13H,10,12H2,1-2H3/b9-6+. The molecular weight excluding hydrogens is 196 g/mol. The van der Waals surface area contributed by atoms with E-state index in [2.05, 4.69) is 35.3 Å². The summed E-state index contributed by atoms with van der Waals surface area (Å²) < 4.78 is 0. The molecule has 0 saturated carbocycles. The van der Waals surface area contributed by atoms with E-state index in [9.17, 15) is 0 Å². The molecule has 1 unspecified atom stereocenters. The molecule has 0 amide bonds. The molecule has 0 aromatic heterocycles. The zero-order valence-electron chi connectivity index (χ0n) is 9.93. The van der Waals surface area contributed by atoms with E-state index in [1.807, 2.05) is 32.2 Å². The summed E-state index contributed by atoms with van der Waals surface area (Å²) in [6.45, 7) is 3.63. The zero-order chi connectivity index (χ0) is 11.8. The van der Waals surface area contributed by atoms with E-state index in [4.69, 9.17) is 5.26 Å². The van der Waals surface area contributed by atoms with Crippen molar-refractivity contribution < 1.29 is 0 Å². The minimum atomic E-state index is 0.0927. The van der Waals surface area contributed by atoms with Crippen molar-refractivity contribution in [2.24, 2.45) is 5.92 Å². The molecule has 0 saturated heterocycles. The van der Waals surface area contributed by atoms with Gasteiger partial charge >= 0.3 is 0 Å². The lowest BCUT2D eigenvalue weighted by atomic mass is 10.2. The summed E-state index contributed by atoms with van der Waals surface area (Å²) in [5.74, 6) is 0.0927. The molecule has 1 aromatic rings. The third kappa shape index (κ3) is 4.77. The average molecular weight is 214 g/mol. The molecule has 0 fully saturated rings. The van der Waals surface area contributed by atoms with E-state index < -0.39 is 0 Å². The van der Waals surface area contributed by atoms with Gasteiger partial charge < -0.3 is 4.90 Å². The fraction of sp³-hybridized carbons (Fsp3) is 0.357. The first-order chi connectivity index (χ1) is 7.72. The summed E-state index contributed by atoms with van der Waals surface area (Å²) in [5, 5.41) is 8.69. The second kappa shape index (κ2) is 6.81. The number of benzene rings is 1. The Balaban J connectivity index is 2.35. The van der Waals surface area contributed by atoms with Crippen LogP contribution in [-0.4, -0.2) is 25.0 Å². The summed E-state index contributed by atoms with van der Waals surface area (Å²) in [4.78, 5) is 2.15. The fourth-order valence-corrected chi connectivity index (χ4v) is 1.52. The van der Waals surface area contributed by atoms with Crippen LogP contribution in [0.3, 0.4) is 0 Å². The van der Waals surface area contributed by atoms with E-state index in [1.54, 1.807) is 0 Å². The summed E-state index contributed by atoms with van der Waals surface area (Å²) in [7, 11) is 2.03. The quantitative estimate of drug-likeness (QED) is 0.753. The Morgan fingerprint density at radius 3 is 2.69 bits per heavy atom. The third-order valence-electron chi connectivity index (χ3n) is 2.33. The summed E-state index contributed by atoms with van der Waals surface area (Å²) in [5.41, 5.74) is 1.21. The van der Waals surface area contributed by atoms with Crippen LogP contribution in [0.1, 0.15) is 12.5 Å². The maximum Gasteiger partial charge on any atom is 0.0666 e. The second-order valence-corrected chi connectivity index (χ2v) is 4.06. The van der Waals surface area contributed by atoms with Gasteiger partial charge in [0, 0.05) is 13.1 Å². The first-order valence-electron chi connectivity index (χ1n) is 5.52. The smallest absolute Gasteiger partial charge is 0.0666 e. The van der Waals surface area contributed by atoms with Gasteiger partial charge in [-0.1, -0.05) is 42.5 Å². The molecule has 0 bridgehead atoms. The van der Waals surface area contributed by atoms with Crippen LogP contribution >= 0.6 is 0 Å². The molecule has 1 atom stereocenters. The van der Waals surface area contributed by atoms with Gasteiger partial charge in [-0.25, -0.2) is 0 Å². The Morgan fingerprint density at radius 1 is 1.38 bits per heavy atom. The lowest BCUT2D eigenvalue weighted by molar-refractivity contribution is 0.342. The molecule has 84 valence electrons. The topological polar surface area (TPSA) is 27.0 Å². The lowest BCUT2D eigenvalue weighted by Crippen LogP contribution is -2.23. The molecule has 0 N–H and O–H groups in total.